The van der Waals surface area contributed by atoms with Crippen LogP contribution >= 0.6 is 0 Å². The van der Waals surface area contributed by atoms with Gasteiger partial charge in [-0.3, -0.25) is 0 Å². The Labute approximate surface area is 182 Å². The second-order valence-corrected chi connectivity index (χ2v) is 8.67. The summed E-state index contributed by atoms with van der Waals surface area (Å²) in [6.45, 7) is 2.14. The Bertz CT molecular complexity index is 1190. The van der Waals surface area contributed by atoms with Crippen LogP contribution in [-0.4, -0.2) is 9.55 Å². The van der Waals surface area contributed by atoms with Gasteiger partial charge in [0, 0.05) is 23.2 Å². The molecule has 2 heterocycles. The molecule has 2 aromatic carbocycles. The van der Waals surface area contributed by atoms with E-state index in [1.165, 1.54) is 32.1 Å². The lowest BCUT2D eigenvalue weighted by atomic mass is 9.83. The minimum atomic E-state index is -0.333. The molecule has 5 rings (SSSR count). The highest BCUT2D eigenvalue weighted by atomic mass is 19.1. The van der Waals surface area contributed by atoms with Crippen LogP contribution < -0.4 is 5.32 Å². The van der Waals surface area contributed by atoms with Gasteiger partial charge in [0.2, 0.25) is 0 Å². The highest BCUT2D eigenvalue weighted by Crippen LogP contribution is 2.43. The molecule has 1 atom stereocenters. The second-order valence-electron chi connectivity index (χ2n) is 8.67. The van der Waals surface area contributed by atoms with Gasteiger partial charge in [0.15, 0.2) is 0 Å². The van der Waals surface area contributed by atoms with Crippen LogP contribution in [0.3, 0.4) is 0 Å². The van der Waals surface area contributed by atoms with E-state index >= 15 is 4.39 Å². The van der Waals surface area contributed by atoms with Crippen LogP contribution in [0.2, 0.25) is 0 Å². The van der Waals surface area contributed by atoms with E-state index in [1.807, 2.05) is 12.5 Å². The van der Waals surface area contributed by atoms with Crippen molar-refractivity contribution in [2.75, 3.05) is 5.32 Å². The molecule has 0 saturated heterocycles. The van der Waals surface area contributed by atoms with E-state index in [1.54, 1.807) is 6.07 Å². The van der Waals surface area contributed by atoms with Crippen LogP contribution in [0.4, 0.5) is 10.1 Å². The van der Waals surface area contributed by atoms with Crippen LogP contribution in [0.5, 0.6) is 0 Å². The molecule has 1 unspecified atom stereocenters. The summed E-state index contributed by atoms with van der Waals surface area (Å²) in [5.74, 6) is -0.152. The maximum atomic E-state index is 15.1. The number of hydrogen-bond donors (Lipinski definition) is 1. The van der Waals surface area contributed by atoms with Crippen molar-refractivity contribution in [2.45, 2.75) is 63.8 Å². The number of anilines is 1. The monoisotopic (exact) mass is 414 g/mol. The molecular weight excluding hydrogens is 387 g/mol. The van der Waals surface area contributed by atoms with Crippen LogP contribution in [0.1, 0.15) is 68.5 Å². The Balaban J connectivity index is 1.63. The first-order chi connectivity index (χ1) is 15.2. The van der Waals surface area contributed by atoms with Crippen LogP contribution in [0, 0.1) is 17.1 Å². The number of nitriles is 1. The molecule has 31 heavy (non-hydrogen) atoms. The zero-order chi connectivity index (χ0) is 21.4. The third-order valence-electron chi connectivity index (χ3n) is 6.90. The van der Waals surface area contributed by atoms with Gasteiger partial charge in [0.1, 0.15) is 5.82 Å². The summed E-state index contributed by atoms with van der Waals surface area (Å²) in [4.78, 5) is 4.70. The molecule has 1 aliphatic carbocycles. The zero-order valence-electron chi connectivity index (χ0n) is 17.9. The molecule has 1 aliphatic heterocycles. The van der Waals surface area contributed by atoms with Crippen molar-refractivity contribution in [3.8, 4) is 17.2 Å². The van der Waals surface area contributed by atoms with Gasteiger partial charge in [-0.2, -0.15) is 5.26 Å². The van der Waals surface area contributed by atoms with E-state index in [-0.39, 0.29) is 18.2 Å². The van der Waals surface area contributed by atoms with E-state index in [0.29, 0.717) is 11.6 Å². The van der Waals surface area contributed by atoms with Gasteiger partial charge in [0.25, 0.3) is 0 Å². The number of halogens is 1. The quantitative estimate of drug-likeness (QED) is 0.508. The summed E-state index contributed by atoms with van der Waals surface area (Å²) >= 11 is 0. The fourth-order valence-electron chi connectivity index (χ4n) is 5.28. The summed E-state index contributed by atoms with van der Waals surface area (Å²) < 4.78 is 17.4. The van der Waals surface area contributed by atoms with Gasteiger partial charge < -0.3 is 9.88 Å². The molecule has 0 spiro atoms. The minimum absolute atomic E-state index is 0.0521. The Morgan fingerprint density at radius 2 is 2.06 bits per heavy atom. The van der Waals surface area contributed by atoms with Crippen molar-refractivity contribution < 1.29 is 4.39 Å². The number of fused-ring (bicyclic) bond motifs is 2. The van der Waals surface area contributed by atoms with Gasteiger partial charge >= 0.3 is 0 Å². The summed E-state index contributed by atoms with van der Waals surface area (Å²) in [5, 5.41) is 12.4. The van der Waals surface area contributed by atoms with E-state index in [0.717, 1.165) is 39.8 Å². The van der Waals surface area contributed by atoms with Gasteiger partial charge in [0.05, 0.1) is 29.9 Å². The van der Waals surface area contributed by atoms with E-state index in [9.17, 15) is 5.26 Å². The lowest BCUT2D eigenvalue weighted by molar-refractivity contribution is 0.359. The number of nitrogens with one attached hydrogen (secondary N) is 1. The third-order valence-corrected chi connectivity index (χ3v) is 6.90. The summed E-state index contributed by atoms with van der Waals surface area (Å²) in [6, 6.07) is 10.5. The molecule has 0 amide bonds. The molecule has 2 aliphatic rings. The fourth-order valence-corrected chi connectivity index (χ4v) is 5.28. The number of rotatable bonds is 4. The molecule has 0 radical (unpaired) electrons. The van der Waals surface area contributed by atoms with E-state index in [2.05, 4.69) is 47.2 Å². The predicted octanol–water partition coefficient (Wildman–Crippen LogP) is 6.85. The first-order valence-electron chi connectivity index (χ1n) is 11.3. The zero-order valence-corrected chi connectivity index (χ0v) is 17.9. The maximum Gasteiger partial charge on any atom is 0.130 e. The van der Waals surface area contributed by atoms with Crippen molar-refractivity contribution in [1.82, 2.24) is 9.55 Å². The first kappa shape index (κ1) is 19.8. The average molecular weight is 415 g/mol. The normalized spacial score (nSPS) is 18.5. The van der Waals surface area contributed by atoms with Crippen molar-refractivity contribution in [3.05, 3.63) is 59.8 Å². The molecule has 5 heteroatoms. The van der Waals surface area contributed by atoms with E-state index in [4.69, 9.17) is 4.98 Å². The number of hydrogen-bond acceptors (Lipinski definition) is 3. The number of nitrogens with zero attached hydrogens (tertiary/aromatic N) is 3. The van der Waals surface area contributed by atoms with Gasteiger partial charge in [-0.25, -0.2) is 9.37 Å². The number of imidazole rings is 1. The highest BCUT2D eigenvalue weighted by Gasteiger charge is 2.25. The lowest BCUT2D eigenvalue weighted by Crippen LogP contribution is -2.12. The molecular formula is C26H27FN4. The molecule has 1 fully saturated rings. The standard InChI is InChI=1S/C26H27FN4/c1-2-17-11-13-29-26-20(10-12-28)22(27)15-21(25(17)26)18-8-9-24-23(14-18)30-16-31(24)19-6-4-3-5-7-19/h8-9,11,13-17,19,29H,2-7,10H2,1H3. The largest absolute Gasteiger partial charge is 0.361 e. The molecule has 158 valence electrons. The molecule has 4 nitrogen and oxygen atoms in total. The lowest BCUT2D eigenvalue weighted by Gasteiger charge is -2.27. The third kappa shape index (κ3) is 3.40. The topological polar surface area (TPSA) is 53.6 Å². The van der Waals surface area contributed by atoms with Gasteiger partial charge in [-0.1, -0.05) is 38.3 Å². The smallest absolute Gasteiger partial charge is 0.130 e. The van der Waals surface area contributed by atoms with Crippen LogP contribution in [0.15, 0.2) is 42.9 Å². The molecule has 1 saturated carbocycles. The molecule has 1 N–H and O–H groups in total. The predicted molar refractivity (Wildman–Crippen MR) is 122 cm³/mol. The Morgan fingerprint density at radius 1 is 1.23 bits per heavy atom. The van der Waals surface area contributed by atoms with Crippen LogP contribution in [-0.2, 0) is 6.42 Å². The maximum absolute atomic E-state index is 15.1. The van der Waals surface area contributed by atoms with Crippen molar-refractivity contribution >= 4 is 16.7 Å². The molecule has 3 aromatic rings. The van der Waals surface area contributed by atoms with Crippen molar-refractivity contribution in [3.63, 3.8) is 0 Å². The number of benzene rings is 2. The fraction of sp³-hybridized carbons (Fsp3) is 0.385. The molecule has 0 bridgehead atoms. The summed E-state index contributed by atoms with van der Waals surface area (Å²) in [7, 11) is 0. The molecule has 1 aromatic heterocycles. The van der Waals surface area contributed by atoms with Gasteiger partial charge in [-0.05, 0) is 60.4 Å². The van der Waals surface area contributed by atoms with Gasteiger partial charge in [-0.15, -0.1) is 0 Å². The first-order valence-corrected chi connectivity index (χ1v) is 11.3. The minimum Gasteiger partial charge on any atom is -0.361 e. The Kier molecular flexibility index (Phi) is 5.23. The summed E-state index contributed by atoms with van der Waals surface area (Å²) in [5.41, 5.74) is 6.22. The SMILES string of the molecule is CCC1C=CNc2c(CC#N)c(F)cc(-c3ccc4c(c3)ncn4C3CCCCC3)c21. The Hall–Kier alpha value is -3.13. The van der Waals surface area contributed by atoms with Crippen LogP contribution in [0.25, 0.3) is 22.2 Å². The van der Waals surface area contributed by atoms with Crippen molar-refractivity contribution in [1.29, 1.82) is 5.26 Å². The number of aromatic nitrogens is 2. The van der Waals surface area contributed by atoms with Crippen molar-refractivity contribution in [2.24, 2.45) is 0 Å². The second kappa shape index (κ2) is 8.19. The highest BCUT2D eigenvalue weighted by molar-refractivity contribution is 5.86. The average Bonchev–Trinajstić information content (AvgIpc) is 3.24. The number of allylic oxidation sites excluding steroid dienone is 1. The summed E-state index contributed by atoms with van der Waals surface area (Å²) in [6.07, 6.45) is 13.2. The Morgan fingerprint density at radius 3 is 2.84 bits per heavy atom. The van der Waals surface area contributed by atoms with E-state index < -0.39 is 0 Å².